The van der Waals surface area contributed by atoms with Crippen molar-refractivity contribution in [2.45, 2.75) is 19.9 Å². The number of hydrogen-bond acceptors (Lipinski definition) is 3. The molecular weight excluding hydrogens is 218 g/mol. The number of rotatable bonds is 5. The van der Waals surface area contributed by atoms with Gasteiger partial charge >= 0.3 is 0 Å². The van der Waals surface area contributed by atoms with Gasteiger partial charge in [-0.1, -0.05) is 12.1 Å². The summed E-state index contributed by atoms with van der Waals surface area (Å²) >= 11 is 0. The number of hydrogen-bond donors (Lipinski definition) is 1. The minimum atomic E-state index is -0.171. The summed E-state index contributed by atoms with van der Waals surface area (Å²) in [5.74, 6) is -0.157. The van der Waals surface area contributed by atoms with Crippen molar-refractivity contribution in [3.63, 3.8) is 0 Å². The molecule has 17 heavy (non-hydrogen) atoms. The van der Waals surface area contributed by atoms with E-state index in [4.69, 9.17) is 4.74 Å². The monoisotopic (exact) mass is 237 g/mol. The van der Waals surface area contributed by atoms with Gasteiger partial charge in [0.15, 0.2) is 0 Å². The second-order valence-electron chi connectivity index (χ2n) is 4.10. The molecule has 0 atom stereocenters. The van der Waals surface area contributed by atoms with E-state index in [2.05, 4.69) is 0 Å². The predicted molar refractivity (Wildman–Crippen MR) is 66.2 cm³/mol. The highest BCUT2D eigenvalue weighted by Gasteiger charge is 2.20. The Morgan fingerprint density at radius 2 is 2.06 bits per heavy atom. The highest BCUT2D eigenvalue weighted by molar-refractivity contribution is 5.96. The number of phenols is 1. The summed E-state index contributed by atoms with van der Waals surface area (Å²) in [6, 6.07) is 6.64. The zero-order chi connectivity index (χ0) is 12.8. The van der Waals surface area contributed by atoms with E-state index in [9.17, 15) is 9.90 Å². The molecule has 0 aromatic heterocycles. The van der Waals surface area contributed by atoms with Crippen molar-refractivity contribution in [2.75, 3.05) is 20.3 Å². The minimum absolute atomic E-state index is 0.0144. The minimum Gasteiger partial charge on any atom is -0.507 e. The number of nitrogens with zero attached hydrogens (tertiary/aromatic N) is 1. The van der Waals surface area contributed by atoms with E-state index in [1.807, 2.05) is 13.8 Å². The van der Waals surface area contributed by atoms with Crippen LogP contribution in [0.15, 0.2) is 24.3 Å². The highest BCUT2D eigenvalue weighted by atomic mass is 16.5. The number of benzene rings is 1. The number of methoxy groups -OCH3 is 1. The molecule has 0 heterocycles. The van der Waals surface area contributed by atoms with E-state index in [1.54, 1.807) is 30.2 Å². The lowest BCUT2D eigenvalue weighted by molar-refractivity contribution is 0.0632. The van der Waals surface area contributed by atoms with Crippen LogP contribution in [0.2, 0.25) is 0 Å². The summed E-state index contributed by atoms with van der Waals surface area (Å²) in [6.07, 6.45) is 0. The van der Waals surface area contributed by atoms with Crippen LogP contribution in [-0.4, -0.2) is 42.2 Å². The van der Waals surface area contributed by atoms with E-state index in [1.165, 1.54) is 6.07 Å². The van der Waals surface area contributed by atoms with Gasteiger partial charge in [-0.15, -0.1) is 0 Å². The summed E-state index contributed by atoms with van der Waals surface area (Å²) in [7, 11) is 1.60. The Labute approximate surface area is 102 Å². The van der Waals surface area contributed by atoms with Crippen LogP contribution >= 0.6 is 0 Å². The molecule has 0 aliphatic carbocycles. The Morgan fingerprint density at radius 3 is 2.59 bits per heavy atom. The van der Waals surface area contributed by atoms with Gasteiger partial charge in [0.25, 0.3) is 5.91 Å². The maximum Gasteiger partial charge on any atom is 0.257 e. The van der Waals surface area contributed by atoms with Crippen molar-refractivity contribution in [2.24, 2.45) is 0 Å². The third-order valence-corrected chi connectivity index (χ3v) is 2.55. The summed E-state index contributed by atoms with van der Waals surface area (Å²) in [5, 5.41) is 9.66. The Kier molecular flexibility index (Phi) is 4.97. The molecular formula is C13H19NO3. The molecule has 0 radical (unpaired) electrons. The van der Waals surface area contributed by atoms with Gasteiger partial charge in [-0.05, 0) is 26.0 Å². The molecule has 0 aliphatic heterocycles. The van der Waals surface area contributed by atoms with Gasteiger partial charge < -0.3 is 14.7 Å². The fourth-order valence-electron chi connectivity index (χ4n) is 1.59. The van der Waals surface area contributed by atoms with Crippen molar-refractivity contribution in [3.05, 3.63) is 29.8 Å². The highest BCUT2D eigenvalue weighted by Crippen LogP contribution is 2.18. The molecule has 0 saturated heterocycles. The van der Waals surface area contributed by atoms with Crippen LogP contribution in [0.5, 0.6) is 5.75 Å². The summed E-state index contributed by atoms with van der Waals surface area (Å²) in [4.78, 5) is 13.9. The number of phenolic OH excluding ortho intramolecular Hbond substituents is 1. The number of amides is 1. The van der Waals surface area contributed by atoms with Crippen molar-refractivity contribution >= 4 is 5.91 Å². The molecule has 0 fully saturated rings. The van der Waals surface area contributed by atoms with Crippen molar-refractivity contribution < 1.29 is 14.6 Å². The molecule has 1 rings (SSSR count). The van der Waals surface area contributed by atoms with Crippen LogP contribution in [0.1, 0.15) is 24.2 Å². The normalized spacial score (nSPS) is 10.6. The topological polar surface area (TPSA) is 49.8 Å². The quantitative estimate of drug-likeness (QED) is 0.850. The van der Waals surface area contributed by atoms with Crippen LogP contribution in [0, 0.1) is 0 Å². The third-order valence-electron chi connectivity index (χ3n) is 2.55. The number of aromatic hydroxyl groups is 1. The third kappa shape index (κ3) is 3.46. The second-order valence-corrected chi connectivity index (χ2v) is 4.10. The van der Waals surface area contributed by atoms with Gasteiger partial charge in [0.2, 0.25) is 0 Å². The van der Waals surface area contributed by atoms with Crippen LogP contribution in [0.25, 0.3) is 0 Å². The fourth-order valence-corrected chi connectivity index (χ4v) is 1.59. The molecule has 94 valence electrons. The molecule has 1 aromatic rings. The molecule has 1 amide bonds. The SMILES string of the molecule is COCCN(C(=O)c1ccccc1O)C(C)C. The predicted octanol–water partition coefficient (Wildman–Crippen LogP) is 1.89. The van der Waals surface area contributed by atoms with Gasteiger partial charge in [-0.2, -0.15) is 0 Å². The van der Waals surface area contributed by atoms with Gasteiger partial charge in [0.05, 0.1) is 12.2 Å². The van der Waals surface area contributed by atoms with Crippen molar-refractivity contribution in [3.8, 4) is 5.75 Å². The largest absolute Gasteiger partial charge is 0.507 e. The summed E-state index contributed by atoms with van der Waals surface area (Å²) in [5.41, 5.74) is 0.331. The molecule has 0 aliphatic rings. The Balaban J connectivity index is 2.88. The van der Waals surface area contributed by atoms with Gasteiger partial charge in [0, 0.05) is 19.7 Å². The zero-order valence-electron chi connectivity index (χ0n) is 10.5. The van der Waals surface area contributed by atoms with Crippen LogP contribution in [-0.2, 0) is 4.74 Å². The van der Waals surface area contributed by atoms with E-state index < -0.39 is 0 Å². The number of para-hydroxylation sites is 1. The summed E-state index contributed by atoms with van der Waals surface area (Å²) in [6.45, 7) is 4.87. The van der Waals surface area contributed by atoms with Crippen molar-refractivity contribution in [1.82, 2.24) is 4.90 Å². The zero-order valence-corrected chi connectivity index (χ0v) is 10.5. The van der Waals surface area contributed by atoms with Crippen LogP contribution in [0.4, 0.5) is 0 Å². The van der Waals surface area contributed by atoms with Crippen molar-refractivity contribution in [1.29, 1.82) is 0 Å². The molecule has 4 nitrogen and oxygen atoms in total. The van der Waals surface area contributed by atoms with Gasteiger partial charge in [-0.25, -0.2) is 0 Å². The van der Waals surface area contributed by atoms with Gasteiger partial charge in [-0.3, -0.25) is 4.79 Å². The molecule has 0 spiro atoms. The standard InChI is InChI=1S/C13H19NO3/c1-10(2)14(8-9-17-3)13(16)11-6-4-5-7-12(11)15/h4-7,10,15H,8-9H2,1-3H3. The van der Waals surface area contributed by atoms with E-state index in [0.29, 0.717) is 18.7 Å². The fraction of sp³-hybridized carbons (Fsp3) is 0.462. The first-order chi connectivity index (χ1) is 8.07. The maximum atomic E-state index is 12.2. The first-order valence-corrected chi connectivity index (χ1v) is 5.65. The first-order valence-electron chi connectivity index (χ1n) is 5.65. The molecule has 4 heteroatoms. The lowest BCUT2D eigenvalue weighted by atomic mass is 10.1. The van der Waals surface area contributed by atoms with E-state index in [0.717, 1.165) is 0 Å². The number of ether oxygens (including phenoxy) is 1. The van der Waals surface area contributed by atoms with Crippen LogP contribution < -0.4 is 0 Å². The number of carbonyl (C=O) groups is 1. The average molecular weight is 237 g/mol. The first kappa shape index (κ1) is 13.5. The second kappa shape index (κ2) is 6.25. The Morgan fingerprint density at radius 1 is 1.41 bits per heavy atom. The Bertz CT molecular complexity index is 377. The maximum absolute atomic E-state index is 12.2. The average Bonchev–Trinajstić information content (AvgIpc) is 2.29. The molecule has 0 unspecified atom stereocenters. The summed E-state index contributed by atoms with van der Waals surface area (Å²) < 4.78 is 4.98. The lowest BCUT2D eigenvalue weighted by Crippen LogP contribution is -2.39. The van der Waals surface area contributed by atoms with E-state index >= 15 is 0 Å². The smallest absolute Gasteiger partial charge is 0.257 e. The van der Waals surface area contributed by atoms with E-state index in [-0.39, 0.29) is 17.7 Å². The van der Waals surface area contributed by atoms with Gasteiger partial charge in [0.1, 0.15) is 5.75 Å². The number of carbonyl (C=O) groups excluding carboxylic acids is 1. The van der Waals surface area contributed by atoms with Crippen LogP contribution in [0.3, 0.4) is 0 Å². The molecule has 1 N–H and O–H groups in total. The molecule has 0 saturated carbocycles. The Hall–Kier alpha value is -1.55. The lowest BCUT2D eigenvalue weighted by Gasteiger charge is -2.26. The molecule has 1 aromatic carbocycles. The molecule has 0 bridgehead atoms.